The molecule has 0 spiro atoms. The van der Waals surface area contributed by atoms with Crippen molar-refractivity contribution in [3.8, 4) is 0 Å². The monoisotopic (exact) mass is 785 g/mol. The number of H-pyrrole nitrogens is 1. The molecule has 1 aromatic heterocycles. The Morgan fingerprint density at radius 2 is 1.80 bits per heavy atom. The van der Waals surface area contributed by atoms with Crippen molar-refractivity contribution >= 4 is 43.2 Å². The predicted molar refractivity (Wildman–Crippen MR) is 214 cm³/mol. The third-order valence-electron chi connectivity index (χ3n) is 8.73. The highest BCUT2D eigenvalue weighted by molar-refractivity contribution is 8.14. The number of rotatable bonds is 24. The van der Waals surface area contributed by atoms with Gasteiger partial charge in [0.1, 0.15) is 18.6 Å². The van der Waals surface area contributed by atoms with Gasteiger partial charge in [0.15, 0.2) is 0 Å². The Labute approximate surface area is 324 Å². The summed E-state index contributed by atoms with van der Waals surface area (Å²) >= 11 is 1.18. The van der Waals surface area contributed by atoms with Gasteiger partial charge in [0.05, 0.1) is 17.8 Å². The van der Waals surface area contributed by atoms with Crippen LogP contribution in [0.15, 0.2) is 52.2 Å². The van der Waals surface area contributed by atoms with E-state index in [9.17, 15) is 24.0 Å². The number of unbranched alkanes of at least 4 members (excludes halogenated alkanes) is 4. The van der Waals surface area contributed by atoms with Crippen LogP contribution in [-0.2, 0) is 23.4 Å². The van der Waals surface area contributed by atoms with Crippen molar-refractivity contribution in [3.05, 3.63) is 86.0 Å². The molecule has 0 radical (unpaired) electrons. The summed E-state index contributed by atoms with van der Waals surface area (Å²) in [6.07, 6.45) is 8.82. The van der Waals surface area contributed by atoms with Gasteiger partial charge in [0.2, 0.25) is 17.6 Å². The molecule has 296 valence electrons. The molecule has 1 amide bonds. The lowest BCUT2D eigenvalue weighted by atomic mass is 10.1. The maximum Gasteiger partial charge on any atom is 0.330 e. The summed E-state index contributed by atoms with van der Waals surface area (Å²) in [5.74, 6) is 0.299. The van der Waals surface area contributed by atoms with Gasteiger partial charge in [-0.2, -0.15) is 0 Å². The highest BCUT2D eigenvalue weighted by Crippen LogP contribution is 2.50. The third-order valence-corrected chi connectivity index (χ3v) is 11.8. The van der Waals surface area contributed by atoms with E-state index in [0.717, 1.165) is 32.1 Å². The van der Waals surface area contributed by atoms with Crippen molar-refractivity contribution < 1.29 is 28.2 Å². The average Bonchev–Trinajstić information content (AvgIpc) is 3.54. The molecule has 4 atom stereocenters. The topological polar surface area (TPSA) is 153 Å². The number of Topliss-reactive ketones (excluding diaryl/α,β-unsaturated/α-hetero) is 1. The molecule has 2 heterocycles. The number of benzene rings is 1. The summed E-state index contributed by atoms with van der Waals surface area (Å²) in [6, 6.07) is 9.31. The molecule has 1 aliphatic heterocycles. The summed E-state index contributed by atoms with van der Waals surface area (Å²) in [7, 11) is -1.51. The molecule has 2 N–H and O–H groups in total. The minimum atomic E-state index is -1.51. The van der Waals surface area contributed by atoms with Crippen LogP contribution in [0.25, 0.3) is 10.9 Å². The molecule has 3 rings (SSSR count). The number of aromatic amines is 1. The van der Waals surface area contributed by atoms with Gasteiger partial charge in [0.25, 0.3) is 14.1 Å². The van der Waals surface area contributed by atoms with E-state index >= 15 is 0 Å². The van der Waals surface area contributed by atoms with Gasteiger partial charge in [-0.05, 0) is 53.0 Å². The van der Waals surface area contributed by atoms with E-state index < -0.39 is 32.1 Å². The molecule has 2 unspecified atom stereocenters. The van der Waals surface area contributed by atoms with Crippen molar-refractivity contribution in [2.24, 2.45) is 0 Å². The molecule has 15 heteroatoms. The standard InChI is InChI=1S/C39H56N5O8PS/c1-7-33-34(52-53(50-24-23-40-6)44(28(2)3)29(4)5)26-36(51-33)43-27-31(37(47)42-39(43)49)19-20-35(46)41-22-15-10-8-9-14-18-32(45)21-25-54-38(48)30-16-12-11-13-17-30/h11-13,16-17,19-20,27-29,33-34,36H,7-10,14-15,18,21-26H2,1-5H3,(H,41,46)(H,42,47,49)/b20-19+/t33-,34?,36-,53?/m1/s1. The molecular formula is C39H56N5O8PS. The maximum atomic E-state index is 12.9. The number of thioether (sulfide) groups is 1. The van der Waals surface area contributed by atoms with Gasteiger partial charge in [-0.25, -0.2) is 16.0 Å². The first-order valence-corrected chi connectivity index (χ1v) is 21.0. The fourth-order valence-electron chi connectivity index (χ4n) is 6.04. The Morgan fingerprint density at radius 1 is 1.09 bits per heavy atom. The lowest BCUT2D eigenvalue weighted by molar-refractivity contribution is -0.119. The number of carbonyl (C=O) groups excluding carboxylic acids is 3. The Hall–Kier alpha value is -3.44. The van der Waals surface area contributed by atoms with Gasteiger partial charge < -0.3 is 23.9 Å². The van der Waals surface area contributed by atoms with E-state index in [-0.39, 0.29) is 53.7 Å². The van der Waals surface area contributed by atoms with Crippen LogP contribution in [0.3, 0.4) is 0 Å². The average molecular weight is 786 g/mol. The number of nitrogens with zero attached hydrogens (tertiary/aromatic N) is 3. The highest BCUT2D eigenvalue weighted by atomic mass is 32.2. The summed E-state index contributed by atoms with van der Waals surface area (Å²) in [5.41, 5.74) is -0.453. The molecule has 0 saturated carbocycles. The number of aromatic nitrogens is 2. The molecule has 1 aliphatic rings. The largest absolute Gasteiger partial charge is 0.353 e. The molecular weight excluding hydrogens is 729 g/mol. The first kappa shape index (κ1) is 45.0. The van der Waals surface area contributed by atoms with Crippen molar-refractivity contribution in [1.82, 2.24) is 19.5 Å². The number of ether oxygens (including phenoxy) is 1. The first-order valence-electron chi connectivity index (χ1n) is 18.9. The minimum absolute atomic E-state index is 0.0160. The fourth-order valence-corrected chi connectivity index (χ4v) is 8.60. The lowest BCUT2D eigenvalue weighted by Crippen LogP contribution is -2.36. The van der Waals surface area contributed by atoms with Gasteiger partial charge in [-0.15, -0.1) is 0 Å². The van der Waals surface area contributed by atoms with E-state index in [4.69, 9.17) is 20.4 Å². The Morgan fingerprint density at radius 3 is 2.48 bits per heavy atom. The quantitative estimate of drug-likeness (QED) is 0.0497. The van der Waals surface area contributed by atoms with Crippen LogP contribution in [-0.4, -0.2) is 80.8 Å². The number of amides is 1. The zero-order chi connectivity index (χ0) is 39.5. The second-order valence-corrected chi connectivity index (χ2v) is 16.1. The number of hydrogen-bond donors (Lipinski definition) is 2. The van der Waals surface area contributed by atoms with Gasteiger partial charge >= 0.3 is 5.69 Å². The minimum Gasteiger partial charge on any atom is -0.353 e. The smallest absolute Gasteiger partial charge is 0.330 e. The van der Waals surface area contributed by atoms with Crippen LogP contribution in [0.4, 0.5) is 0 Å². The summed E-state index contributed by atoms with van der Waals surface area (Å²) < 4.78 is 22.4. The summed E-state index contributed by atoms with van der Waals surface area (Å²) in [4.78, 5) is 68.1. The van der Waals surface area contributed by atoms with Crippen molar-refractivity contribution in [3.63, 3.8) is 0 Å². The van der Waals surface area contributed by atoms with Crippen LogP contribution >= 0.6 is 20.3 Å². The third kappa shape index (κ3) is 15.0. The van der Waals surface area contributed by atoms with Gasteiger partial charge in [0, 0.05) is 61.5 Å². The second kappa shape index (κ2) is 24.2. The van der Waals surface area contributed by atoms with E-state index in [1.165, 1.54) is 34.7 Å². The molecule has 0 aliphatic carbocycles. The van der Waals surface area contributed by atoms with Crippen LogP contribution in [0.5, 0.6) is 0 Å². The van der Waals surface area contributed by atoms with E-state index in [2.05, 4.69) is 47.5 Å². The highest BCUT2D eigenvalue weighted by Gasteiger charge is 2.40. The molecule has 2 aromatic rings. The molecule has 1 saturated heterocycles. The number of ketones is 1. The first-order chi connectivity index (χ1) is 25.9. The normalized spacial score (nSPS) is 17.7. The van der Waals surface area contributed by atoms with Crippen molar-refractivity contribution in [2.45, 2.75) is 123 Å². The zero-order valence-corrected chi connectivity index (χ0v) is 33.9. The SMILES string of the molecule is [C-]#[N+]CCOP(OC1C[C@H](n2cc(/C=C/C(=O)NCCCCCCCC(=O)CCSC(=O)c3ccccc3)c(=O)[nH]c2=O)O[C@@H]1CC)N(C(C)C)C(C)C. The molecule has 1 fully saturated rings. The summed E-state index contributed by atoms with van der Waals surface area (Å²) in [5, 5.41) is 2.81. The van der Waals surface area contributed by atoms with Crippen LogP contribution in [0.2, 0.25) is 0 Å². The van der Waals surface area contributed by atoms with Crippen molar-refractivity contribution in [2.75, 3.05) is 25.4 Å². The second-order valence-electron chi connectivity index (χ2n) is 13.6. The molecule has 0 bridgehead atoms. The van der Waals surface area contributed by atoms with Crippen LogP contribution in [0, 0.1) is 6.57 Å². The van der Waals surface area contributed by atoms with Crippen LogP contribution in [0.1, 0.15) is 115 Å². The van der Waals surface area contributed by atoms with Crippen molar-refractivity contribution in [1.29, 1.82) is 0 Å². The molecule has 13 nitrogen and oxygen atoms in total. The van der Waals surface area contributed by atoms with E-state index in [0.29, 0.717) is 43.5 Å². The Bertz CT molecular complexity index is 1670. The molecule has 1 aromatic carbocycles. The van der Waals surface area contributed by atoms with Crippen LogP contribution < -0.4 is 16.6 Å². The summed E-state index contributed by atoms with van der Waals surface area (Å²) in [6.45, 7) is 18.3. The molecule has 54 heavy (non-hydrogen) atoms. The van der Waals surface area contributed by atoms with Gasteiger partial charge in [-0.1, -0.05) is 68.3 Å². The zero-order valence-electron chi connectivity index (χ0n) is 32.2. The predicted octanol–water partition coefficient (Wildman–Crippen LogP) is 6.90. The van der Waals surface area contributed by atoms with E-state index in [1.54, 1.807) is 12.1 Å². The van der Waals surface area contributed by atoms with Gasteiger partial charge in [-0.3, -0.25) is 28.7 Å². The maximum absolute atomic E-state index is 12.9. The van der Waals surface area contributed by atoms with E-state index in [1.807, 2.05) is 25.1 Å². The lowest BCUT2D eigenvalue weighted by Gasteiger charge is -2.37. The Kier molecular flexibility index (Phi) is 20.1. The number of nitrogens with one attached hydrogen (secondary N) is 2. The number of hydrogen-bond acceptors (Lipinski definition) is 10. The Balaban J connectivity index is 1.43. The fraction of sp³-hybridized carbons (Fsp3) is 0.590. The number of carbonyl (C=O) groups is 3.